The van der Waals surface area contributed by atoms with Crippen molar-refractivity contribution in [1.29, 1.82) is 0 Å². The average molecular weight is 311 g/mol. The summed E-state index contributed by atoms with van der Waals surface area (Å²) in [4.78, 5) is 15.2. The molecule has 2 aliphatic rings. The van der Waals surface area contributed by atoms with Gasteiger partial charge in [-0.25, -0.2) is 4.68 Å². The van der Waals surface area contributed by atoms with E-state index in [9.17, 15) is 4.79 Å². The molecule has 0 saturated carbocycles. The van der Waals surface area contributed by atoms with Crippen molar-refractivity contribution in [3.8, 4) is 5.69 Å². The van der Waals surface area contributed by atoms with Crippen molar-refractivity contribution < 1.29 is 9.53 Å². The summed E-state index contributed by atoms with van der Waals surface area (Å²) in [6.45, 7) is 1.47. The quantitative estimate of drug-likeness (QED) is 0.815. The monoisotopic (exact) mass is 311 g/mol. The standard InChI is InChI=1S/C18H21N3O2/c1-20-16-7-13(8-17(20)12-23-11-16)18(22)14-9-19-21(10-14)15-5-3-2-4-6-15/h2-6,9-10,13,16-17H,7-8,11-12H2,1H3. The molecule has 3 heterocycles. The highest BCUT2D eigenvalue weighted by atomic mass is 16.5. The van der Waals surface area contributed by atoms with Crippen LogP contribution in [-0.2, 0) is 4.74 Å². The van der Waals surface area contributed by atoms with Crippen LogP contribution >= 0.6 is 0 Å². The van der Waals surface area contributed by atoms with Gasteiger partial charge in [0.1, 0.15) is 0 Å². The number of likely N-dealkylation sites (N-methyl/N-ethyl adjacent to an activating group) is 1. The van der Waals surface area contributed by atoms with Crippen molar-refractivity contribution >= 4 is 5.78 Å². The van der Waals surface area contributed by atoms with E-state index in [1.54, 1.807) is 10.9 Å². The van der Waals surface area contributed by atoms with E-state index in [4.69, 9.17) is 4.74 Å². The third-order valence-electron chi connectivity index (χ3n) is 5.14. The van der Waals surface area contributed by atoms with Crippen molar-refractivity contribution in [1.82, 2.24) is 14.7 Å². The molecule has 2 aromatic rings. The van der Waals surface area contributed by atoms with Gasteiger partial charge in [-0.1, -0.05) is 18.2 Å². The first-order chi connectivity index (χ1) is 11.2. The second-order valence-corrected chi connectivity index (χ2v) is 6.55. The SMILES string of the molecule is CN1C2COCC1CC(C(=O)c1cnn(-c3ccccc3)c1)C2. The van der Waals surface area contributed by atoms with E-state index < -0.39 is 0 Å². The number of fused-ring (bicyclic) bond motifs is 2. The maximum atomic E-state index is 12.9. The molecule has 0 amide bonds. The van der Waals surface area contributed by atoms with Crippen molar-refractivity contribution in [3.63, 3.8) is 0 Å². The summed E-state index contributed by atoms with van der Waals surface area (Å²) in [5.74, 6) is 0.302. The molecule has 2 unspecified atom stereocenters. The molecule has 23 heavy (non-hydrogen) atoms. The maximum Gasteiger partial charge on any atom is 0.169 e. The number of ether oxygens (including phenoxy) is 1. The van der Waals surface area contributed by atoms with Gasteiger partial charge in [0.15, 0.2) is 5.78 Å². The minimum absolute atomic E-state index is 0.0820. The van der Waals surface area contributed by atoms with Gasteiger partial charge in [0.2, 0.25) is 0 Å². The van der Waals surface area contributed by atoms with Crippen LogP contribution in [0.2, 0.25) is 0 Å². The normalized spacial score (nSPS) is 27.8. The molecule has 2 saturated heterocycles. The Bertz CT molecular complexity index is 683. The number of Topliss-reactive ketones (excluding diaryl/α,β-unsaturated/α-hetero) is 1. The highest BCUT2D eigenvalue weighted by Crippen LogP contribution is 2.32. The zero-order valence-corrected chi connectivity index (χ0v) is 13.3. The molecule has 0 radical (unpaired) electrons. The van der Waals surface area contributed by atoms with Crippen molar-refractivity contribution in [2.75, 3.05) is 20.3 Å². The van der Waals surface area contributed by atoms with Gasteiger partial charge >= 0.3 is 0 Å². The Kier molecular flexibility index (Phi) is 3.75. The molecule has 0 N–H and O–H groups in total. The molecule has 1 aromatic heterocycles. The number of aromatic nitrogens is 2. The van der Waals surface area contributed by atoms with Gasteiger partial charge in [-0.15, -0.1) is 0 Å². The lowest BCUT2D eigenvalue weighted by atomic mass is 9.81. The number of hydrogen-bond donors (Lipinski definition) is 0. The van der Waals surface area contributed by atoms with Crippen LogP contribution in [0.1, 0.15) is 23.2 Å². The average Bonchev–Trinajstić information content (AvgIpc) is 3.05. The van der Waals surface area contributed by atoms with E-state index in [1.807, 2.05) is 36.5 Å². The first kappa shape index (κ1) is 14.6. The Morgan fingerprint density at radius 2 is 1.87 bits per heavy atom. The predicted molar refractivity (Wildman–Crippen MR) is 86.8 cm³/mol. The van der Waals surface area contributed by atoms with Gasteiger partial charge in [-0.2, -0.15) is 5.10 Å². The summed E-state index contributed by atoms with van der Waals surface area (Å²) in [7, 11) is 2.14. The molecule has 5 nitrogen and oxygen atoms in total. The summed E-state index contributed by atoms with van der Waals surface area (Å²) in [6.07, 6.45) is 5.30. The number of piperidine rings is 1. The van der Waals surface area contributed by atoms with E-state index in [-0.39, 0.29) is 11.7 Å². The Hall–Kier alpha value is -1.98. The number of benzene rings is 1. The van der Waals surface area contributed by atoms with E-state index in [1.165, 1.54) is 0 Å². The third kappa shape index (κ3) is 2.71. The van der Waals surface area contributed by atoms with Crippen LogP contribution in [0.15, 0.2) is 42.7 Å². The highest BCUT2D eigenvalue weighted by Gasteiger charge is 2.39. The molecule has 120 valence electrons. The molecular formula is C18H21N3O2. The highest BCUT2D eigenvalue weighted by molar-refractivity contribution is 5.97. The van der Waals surface area contributed by atoms with Gasteiger partial charge in [-0.05, 0) is 32.0 Å². The molecule has 2 aliphatic heterocycles. The second-order valence-electron chi connectivity index (χ2n) is 6.55. The number of carbonyl (C=O) groups is 1. The van der Waals surface area contributed by atoms with E-state index in [0.717, 1.165) is 31.7 Å². The van der Waals surface area contributed by atoms with Crippen LogP contribution in [0.25, 0.3) is 5.69 Å². The largest absolute Gasteiger partial charge is 0.378 e. The molecule has 5 heteroatoms. The van der Waals surface area contributed by atoms with Gasteiger partial charge in [0.05, 0.1) is 30.7 Å². The molecule has 0 spiro atoms. The van der Waals surface area contributed by atoms with Crippen LogP contribution in [0.3, 0.4) is 0 Å². The van der Waals surface area contributed by atoms with Gasteiger partial charge < -0.3 is 4.74 Å². The predicted octanol–water partition coefficient (Wildman–Crippen LogP) is 2.16. The van der Waals surface area contributed by atoms with E-state index >= 15 is 0 Å². The number of carbonyl (C=O) groups excluding carboxylic acids is 1. The van der Waals surface area contributed by atoms with Crippen LogP contribution in [-0.4, -0.2) is 52.8 Å². The number of nitrogens with zero attached hydrogens (tertiary/aromatic N) is 3. The number of ketones is 1. The second kappa shape index (κ2) is 5.91. The molecule has 2 fully saturated rings. The molecule has 2 bridgehead atoms. The van der Waals surface area contributed by atoms with Crippen molar-refractivity contribution in [3.05, 3.63) is 48.3 Å². The maximum absolute atomic E-state index is 12.9. The molecular weight excluding hydrogens is 290 g/mol. The van der Waals surface area contributed by atoms with Crippen LogP contribution in [0.4, 0.5) is 0 Å². The minimum atomic E-state index is 0.0820. The van der Waals surface area contributed by atoms with Crippen molar-refractivity contribution in [2.45, 2.75) is 24.9 Å². The summed E-state index contributed by atoms with van der Waals surface area (Å²) in [6, 6.07) is 10.6. The lowest BCUT2D eigenvalue weighted by molar-refractivity contribution is -0.0702. The molecule has 2 atom stereocenters. The van der Waals surface area contributed by atoms with Gasteiger partial charge in [0.25, 0.3) is 0 Å². The molecule has 1 aromatic carbocycles. The van der Waals surface area contributed by atoms with E-state index in [0.29, 0.717) is 17.6 Å². The lowest BCUT2D eigenvalue weighted by Crippen LogP contribution is -2.55. The number of para-hydroxylation sites is 1. The summed E-state index contributed by atoms with van der Waals surface area (Å²) < 4.78 is 7.40. The fourth-order valence-electron chi connectivity index (χ4n) is 3.72. The van der Waals surface area contributed by atoms with Crippen LogP contribution in [0.5, 0.6) is 0 Å². The first-order valence-corrected chi connectivity index (χ1v) is 8.16. The fraction of sp³-hybridized carbons (Fsp3) is 0.444. The summed E-state index contributed by atoms with van der Waals surface area (Å²) in [5.41, 5.74) is 1.68. The van der Waals surface area contributed by atoms with Gasteiger partial charge in [-0.3, -0.25) is 9.69 Å². The van der Waals surface area contributed by atoms with Crippen molar-refractivity contribution in [2.24, 2.45) is 5.92 Å². The Morgan fingerprint density at radius 1 is 1.17 bits per heavy atom. The topological polar surface area (TPSA) is 47.4 Å². The van der Waals surface area contributed by atoms with Crippen LogP contribution in [0, 0.1) is 5.92 Å². The lowest BCUT2D eigenvalue weighted by Gasteiger charge is -2.46. The zero-order chi connectivity index (χ0) is 15.8. The number of rotatable bonds is 3. The zero-order valence-electron chi connectivity index (χ0n) is 13.3. The summed E-state index contributed by atoms with van der Waals surface area (Å²) in [5, 5.41) is 4.35. The van der Waals surface area contributed by atoms with Crippen LogP contribution < -0.4 is 0 Å². The van der Waals surface area contributed by atoms with E-state index in [2.05, 4.69) is 17.0 Å². The minimum Gasteiger partial charge on any atom is -0.378 e. The summed E-state index contributed by atoms with van der Waals surface area (Å²) >= 11 is 0. The number of morpholine rings is 1. The molecule has 0 aliphatic carbocycles. The first-order valence-electron chi connectivity index (χ1n) is 8.16. The molecule has 4 rings (SSSR count). The Balaban J connectivity index is 1.53. The van der Waals surface area contributed by atoms with Gasteiger partial charge in [0, 0.05) is 24.2 Å². The third-order valence-corrected chi connectivity index (χ3v) is 5.14. The smallest absolute Gasteiger partial charge is 0.169 e. The fourth-order valence-corrected chi connectivity index (χ4v) is 3.72. The Morgan fingerprint density at radius 3 is 2.57 bits per heavy atom. The number of hydrogen-bond acceptors (Lipinski definition) is 4. The Labute approximate surface area is 135 Å².